The van der Waals surface area contributed by atoms with E-state index in [1.165, 1.54) is 55.0 Å². The predicted octanol–water partition coefficient (Wildman–Crippen LogP) is 9.93. The van der Waals surface area contributed by atoms with Crippen molar-refractivity contribution in [1.29, 1.82) is 0 Å². The number of aromatic nitrogens is 2. The zero-order chi connectivity index (χ0) is 28.7. The summed E-state index contributed by atoms with van der Waals surface area (Å²) in [4.78, 5) is 0. The van der Waals surface area contributed by atoms with Crippen LogP contribution in [0.25, 0.3) is 71.5 Å². The number of pyridine rings is 1. The summed E-state index contributed by atoms with van der Waals surface area (Å²) in [6.07, 6.45) is 2.13. The number of aryl methyl sites for hydroxylation is 2. The van der Waals surface area contributed by atoms with Crippen LogP contribution < -0.4 is 4.57 Å². The third-order valence-electron chi connectivity index (χ3n) is 8.96. The van der Waals surface area contributed by atoms with Crippen LogP contribution in [-0.2, 0) is 12.5 Å². The molecule has 3 heterocycles. The van der Waals surface area contributed by atoms with Crippen molar-refractivity contribution in [3.05, 3.63) is 120 Å². The first-order valence-electron chi connectivity index (χ1n) is 14.7. The highest BCUT2D eigenvalue weighted by molar-refractivity contribution is 6.15. The minimum absolute atomic E-state index is 0.00328. The number of hydrogen-bond donors (Lipinski definition) is 0. The molecule has 42 heavy (non-hydrogen) atoms. The van der Waals surface area contributed by atoms with Crippen LogP contribution >= 0.6 is 0 Å². The normalized spacial score (nSPS) is 12.4. The quantitative estimate of drug-likeness (QED) is 0.198. The van der Waals surface area contributed by atoms with Gasteiger partial charge in [-0.1, -0.05) is 93.6 Å². The van der Waals surface area contributed by atoms with Gasteiger partial charge in [-0.2, -0.15) is 0 Å². The zero-order valence-corrected chi connectivity index (χ0v) is 24.7. The van der Waals surface area contributed by atoms with E-state index in [9.17, 15) is 0 Å². The second kappa shape index (κ2) is 8.80. The lowest BCUT2D eigenvalue weighted by Crippen LogP contribution is -2.30. The summed E-state index contributed by atoms with van der Waals surface area (Å²) in [7, 11) is 2.15. The molecule has 0 saturated heterocycles. The Labute approximate surface area is 245 Å². The van der Waals surface area contributed by atoms with Crippen molar-refractivity contribution in [3.8, 4) is 16.9 Å². The number of hydrogen-bond acceptors (Lipinski definition) is 1. The van der Waals surface area contributed by atoms with Gasteiger partial charge in [0.15, 0.2) is 11.8 Å². The maximum absolute atomic E-state index is 6.81. The van der Waals surface area contributed by atoms with Gasteiger partial charge in [0.2, 0.25) is 5.69 Å². The predicted molar refractivity (Wildman–Crippen MR) is 176 cm³/mol. The van der Waals surface area contributed by atoms with E-state index >= 15 is 0 Å². The third-order valence-corrected chi connectivity index (χ3v) is 8.96. The molecular weight excluding hydrogens is 512 g/mol. The summed E-state index contributed by atoms with van der Waals surface area (Å²) >= 11 is 0. The summed E-state index contributed by atoms with van der Waals surface area (Å²) in [6.45, 7) is 9.17. The number of rotatable bonds is 2. The largest absolute Gasteiger partial charge is 0.453 e. The Hall–Kier alpha value is -4.89. The fraction of sp³-hybridized carbons (Fsp3) is 0.154. The number of benzene rings is 5. The van der Waals surface area contributed by atoms with Crippen LogP contribution in [0.1, 0.15) is 31.9 Å². The molecule has 0 atom stereocenters. The van der Waals surface area contributed by atoms with Crippen LogP contribution in [0.4, 0.5) is 0 Å². The first kappa shape index (κ1) is 24.9. The second-order valence-corrected chi connectivity index (χ2v) is 12.5. The average Bonchev–Trinajstić information content (AvgIpc) is 3.53. The van der Waals surface area contributed by atoms with E-state index in [1.54, 1.807) is 0 Å². The molecule has 8 rings (SSSR count). The zero-order valence-electron chi connectivity index (χ0n) is 24.7. The molecule has 0 spiro atoms. The molecule has 204 valence electrons. The Morgan fingerprint density at radius 2 is 1.26 bits per heavy atom. The first-order chi connectivity index (χ1) is 20.3. The van der Waals surface area contributed by atoms with Crippen LogP contribution in [-0.4, -0.2) is 4.57 Å². The highest BCUT2D eigenvalue weighted by Gasteiger charge is 2.28. The smallest absolute Gasteiger partial charge is 0.224 e. The first-order valence-corrected chi connectivity index (χ1v) is 14.7. The van der Waals surface area contributed by atoms with Crippen molar-refractivity contribution in [2.75, 3.05) is 0 Å². The maximum Gasteiger partial charge on any atom is 0.224 e. The van der Waals surface area contributed by atoms with E-state index < -0.39 is 0 Å². The number of para-hydroxylation sites is 3. The van der Waals surface area contributed by atoms with Gasteiger partial charge in [-0.05, 0) is 58.5 Å². The van der Waals surface area contributed by atoms with Crippen LogP contribution in [0.2, 0.25) is 0 Å². The standard InChI is InChI=1S/C39H33N2O/c1-24-25-13-6-7-14-26(25)31(39(2,3)4)23-30(24)37-36-29-17-12-20-34(38(29)42-35(36)21-22-40(37)5)41-32-18-10-8-15-27(32)28-16-9-11-19-33(28)41/h6-23H,1-5H3/q+1. The molecule has 0 amide bonds. The van der Waals surface area contributed by atoms with Crippen molar-refractivity contribution < 1.29 is 8.98 Å². The van der Waals surface area contributed by atoms with E-state index in [-0.39, 0.29) is 5.41 Å². The Morgan fingerprint density at radius 1 is 0.667 bits per heavy atom. The van der Waals surface area contributed by atoms with Gasteiger partial charge in [0.1, 0.15) is 18.0 Å². The monoisotopic (exact) mass is 545 g/mol. The van der Waals surface area contributed by atoms with Gasteiger partial charge in [-0.3, -0.25) is 0 Å². The fourth-order valence-corrected chi connectivity index (χ4v) is 6.98. The highest BCUT2D eigenvalue weighted by atomic mass is 16.3. The van der Waals surface area contributed by atoms with Crippen molar-refractivity contribution in [3.63, 3.8) is 0 Å². The van der Waals surface area contributed by atoms with Crippen LogP contribution in [0.15, 0.2) is 114 Å². The van der Waals surface area contributed by atoms with Gasteiger partial charge in [-0.25, -0.2) is 4.57 Å². The second-order valence-electron chi connectivity index (χ2n) is 12.5. The Kier molecular flexibility index (Phi) is 5.21. The molecule has 5 aromatic carbocycles. The van der Waals surface area contributed by atoms with Crippen molar-refractivity contribution in [2.24, 2.45) is 7.05 Å². The van der Waals surface area contributed by atoms with Gasteiger partial charge >= 0.3 is 0 Å². The Bertz CT molecular complexity index is 2310. The van der Waals surface area contributed by atoms with Crippen LogP contribution in [0, 0.1) is 6.92 Å². The molecule has 0 fully saturated rings. The topological polar surface area (TPSA) is 21.9 Å². The molecule has 0 aliphatic carbocycles. The van der Waals surface area contributed by atoms with E-state index in [0.29, 0.717) is 0 Å². The molecule has 0 bridgehead atoms. The lowest BCUT2D eigenvalue weighted by molar-refractivity contribution is -0.659. The maximum atomic E-state index is 6.81. The van der Waals surface area contributed by atoms with E-state index in [2.05, 4.69) is 153 Å². The van der Waals surface area contributed by atoms with Gasteiger partial charge in [-0.15, -0.1) is 0 Å². The minimum Gasteiger partial charge on any atom is -0.453 e. The summed E-state index contributed by atoms with van der Waals surface area (Å²) < 4.78 is 11.4. The summed E-state index contributed by atoms with van der Waals surface area (Å²) in [6, 6.07) is 37.2. The SMILES string of the molecule is Cc1c(-c2c3c(cc[n+]2C)oc2c(-n4c5ccccc5c5ccccc54)cccc23)cc(C(C)(C)C)c2ccccc12. The number of furan rings is 1. The Morgan fingerprint density at radius 3 is 1.93 bits per heavy atom. The molecule has 0 radical (unpaired) electrons. The summed E-state index contributed by atoms with van der Waals surface area (Å²) in [5, 5.41) is 7.39. The molecule has 8 aromatic rings. The fourth-order valence-electron chi connectivity index (χ4n) is 6.98. The minimum atomic E-state index is -0.00328. The van der Waals surface area contributed by atoms with Gasteiger partial charge < -0.3 is 8.98 Å². The van der Waals surface area contributed by atoms with Gasteiger partial charge in [0, 0.05) is 22.2 Å². The molecule has 0 unspecified atom stereocenters. The molecule has 3 nitrogen and oxygen atoms in total. The van der Waals surface area contributed by atoms with Gasteiger partial charge in [0.25, 0.3) is 0 Å². The number of nitrogens with zero attached hydrogens (tertiary/aromatic N) is 2. The third kappa shape index (κ3) is 3.43. The average molecular weight is 546 g/mol. The molecule has 3 heteroatoms. The summed E-state index contributed by atoms with van der Waals surface area (Å²) in [5.41, 5.74) is 10.3. The highest BCUT2D eigenvalue weighted by Crippen LogP contribution is 2.43. The molecule has 0 aliphatic heterocycles. The van der Waals surface area contributed by atoms with E-state index in [4.69, 9.17) is 4.42 Å². The Balaban J connectivity index is 1.49. The summed E-state index contributed by atoms with van der Waals surface area (Å²) in [5.74, 6) is 0. The molecule has 0 N–H and O–H groups in total. The molecule has 0 saturated carbocycles. The van der Waals surface area contributed by atoms with Crippen LogP contribution in [0.5, 0.6) is 0 Å². The van der Waals surface area contributed by atoms with Gasteiger partial charge in [0.05, 0.1) is 22.3 Å². The number of fused-ring (bicyclic) bond motifs is 7. The lowest BCUT2D eigenvalue weighted by atomic mass is 9.80. The van der Waals surface area contributed by atoms with Crippen LogP contribution in [0.3, 0.4) is 0 Å². The molecule has 0 aliphatic rings. The lowest BCUT2D eigenvalue weighted by Gasteiger charge is -2.24. The van der Waals surface area contributed by atoms with E-state index in [1.807, 2.05) is 0 Å². The molecular formula is C39H33N2O+. The van der Waals surface area contributed by atoms with Crippen molar-refractivity contribution in [1.82, 2.24) is 4.57 Å². The van der Waals surface area contributed by atoms with E-state index in [0.717, 1.165) is 27.6 Å². The van der Waals surface area contributed by atoms with Crippen molar-refractivity contribution in [2.45, 2.75) is 33.1 Å². The van der Waals surface area contributed by atoms with Crippen molar-refractivity contribution >= 4 is 54.5 Å². The molecule has 3 aromatic heterocycles.